The average Bonchev–Trinajstić information content (AvgIpc) is 3.69. The summed E-state index contributed by atoms with van der Waals surface area (Å²) in [5.74, 6) is 0.497. The molecule has 0 spiro atoms. The predicted molar refractivity (Wildman–Crippen MR) is 153 cm³/mol. The number of imide groups is 1. The topological polar surface area (TPSA) is 101 Å². The number of nitrogens with one attached hydrogen (secondary N) is 1. The zero-order valence-electron chi connectivity index (χ0n) is 23.1. The van der Waals surface area contributed by atoms with E-state index >= 15 is 0 Å². The molecule has 0 bridgehead atoms. The van der Waals surface area contributed by atoms with Gasteiger partial charge in [-0.05, 0) is 53.1 Å². The number of urea groups is 1. The minimum atomic E-state index is -1.27. The number of hydrogen-bond acceptors (Lipinski definition) is 7. The van der Waals surface area contributed by atoms with Gasteiger partial charge in [0.15, 0.2) is 11.5 Å². The number of carbonyl (C=O) groups excluding carboxylic acids is 3. The lowest BCUT2D eigenvalue weighted by molar-refractivity contribution is -0.140. The highest BCUT2D eigenvalue weighted by Crippen LogP contribution is 2.38. The molecule has 3 heterocycles. The molecule has 4 amide bonds. The van der Waals surface area contributed by atoms with E-state index in [9.17, 15) is 14.4 Å². The Morgan fingerprint density at radius 2 is 1.82 bits per heavy atom. The molecule has 3 aromatic rings. The quantitative estimate of drug-likeness (QED) is 0.390. The molecule has 1 N–H and O–H groups in total. The minimum Gasteiger partial charge on any atom is -0.493 e. The third kappa shape index (κ3) is 4.83. The van der Waals surface area contributed by atoms with Gasteiger partial charge in [-0.1, -0.05) is 50.2 Å². The molecule has 2 aliphatic heterocycles. The fourth-order valence-corrected chi connectivity index (χ4v) is 5.82. The summed E-state index contributed by atoms with van der Waals surface area (Å²) in [4.78, 5) is 42.2. The Balaban J connectivity index is 1.42. The van der Waals surface area contributed by atoms with E-state index in [1.807, 2.05) is 53.9 Å². The van der Waals surface area contributed by atoms with Crippen LogP contribution < -0.4 is 14.8 Å². The van der Waals surface area contributed by atoms with E-state index in [0.717, 1.165) is 26.6 Å². The van der Waals surface area contributed by atoms with Crippen molar-refractivity contribution in [2.75, 3.05) is 20.8 Å². The van der Waals surface area contributed by atoms with E-state index in [0.29, 0.717) is 29.4 Å². The van der Waals surface area contributed by atoms with Crippen LogP contribution in [0.5, 0.6) is 11.5 Å². The summed E-state index contributed by atoms with van der Waals surface area (Å²) in [5.41, 5.74) is 2.08. The molecular weight excluding hydrogens is 528 g/mol. The molecule has 1 aromatic heterocycles. The van der Waals surface area contributed by atoms with Crippen LogP contribution in [0.25, 0.3) is 0 Å². The molecular formula is C30H32N4O5S. The zero-order valence-corrected chi connectivity index (χ0v) is 24.0. The highest BCUT2D eigenvalue weighted by molar-refractivity contribution is 7.12. The highest BCUT2D eigenvalue weighted by Gasteiger charge is 2.50. The maximum atomic E-state index is 13.7. The lowest BCUT2D eigenvalue weighted by atomic mass is 9.90. The highest BCUT2D eigenvalue weighted by atomic mass is 32.1. The second-order valence-electron chi connectivity index (χ2n) is 10.3. The molecule has 208 valence electrons. The Labute approximate surface area is 237 Å². The predicted octanol–water partition coefficient (Wildman–Crippen LogP) is 5.03. The Morgan fingerprint density at radius 3 is 2.45 bits per heavy atom. The first-order valence-electron chi connectivity index (χ1n) is 13.1. The summed E-state index contributed by atoms with van der Waals surface area (Å²) in [7, 11) is 3.11. The van der Waals surface area contributed by atoms with Crippen LogP contribution in [0.4, 0.5) is 4.79 Å². The Morgan fingerprint density at radius 1 is 1.10 bits per heavy atom. The molecule has 0 saturated carbocycles. The summed E-state index contributed by atoms with van der Waals surface area (Å²) < 4.78 is 10.9. The maximum Gasteiger partial charge on any atom is 0.325 e. The van der Waals surface area contributed by atoms with Crippen LogP contribution in [0.1, 0.15) is 60.7 Å². The number of ether oxygens (including phenoxy) is 2. The zero-order chi connectivity index (χ0) is 28.6. The van der Waals surface area contributed by atoms with E-state index in [2.05, 4.69) is 24.3 Å². The lowest BCUT2D eigenvalue weighted by Crippen LogP contribution is -2.43. The van der Waals surface area contributed by atoms with Crippen LogP contribution in [-0.2, 0) is 15.1 Å². The van der Waals surface area contributed by atoms with Crippen molar-refractivity contribution < 1.29 is 23.9 Å². The number of carbonyl (C=O) groups is 3. The van der Waals surface area contributed by atoms with E-state index in [1.54, 1.807) is 27.2 Å². The summed E-state index contributed by atoms with van der Waals surface area (Å²) in [6.07, 6.45) is 0.474. The smallest absolute Gasteiger partial charge is 0.325 e. The standard InChI is InChI=1S/C30H32N4O5S/c1-18(2)19-8-11-21(12-9-19)30(3)28(36)33(29(37)31-30)17-27(35)34-23(16-22(32-34)26-7-6-14-40-26)20-10-13-24(38-4)25(15-20)39-5/h6-15,18,23H,16-17H2,1-5H3,(H,31,37)/t23-,30-/m1/s1. The number of amides is 4. The van der Waals surface area contributed by atoms with Crippen LogP contribution >= 0.6 is 11.3 Å². The number of hydrazone groups is 1. The van der Waals surface area contributed by atoms with E-state index < -0.39 is 36.0 Å². The number of nitrogens with zero attached hydrogens (tertiary/aromatic N) is 3. The molecule has 0 unspecified atom stereocenters. The van der Waals surface area contributed by atoms with Gasteiger partial charge in [0.1, 0.15) is 12.1 Å². The Hall–Kier alpha value is -4.18. The number of hydrogen-bond donors (Lipinski definition) is 1. The molecule has 40 heavy (non-hydrogen) atoms. The van der Waals surface area contributed by atoms with E-state index in [1.165, 1.54) is 16.3 Å². The fraction of sp³-hybridized carbons (Fsp3) is 0.333. The van der Waals surface area contributed by atoms with Gasteiger partial charge < -0.3 is 14.8 Å². The van der Waals surface area contributed by atoms with Crippen LogP contribution in [0.3, 0.4) is 0 Å². The van der Waals surface area contributed by atoms with Gasteiger partial charge in [-0.2, -0.15) is 5.10 Å². The Bertz CT molecular complexity index is 1470. The van der Waals surface area contributed by atoms with Crippen LogP contribution in [0.15, 0.2) is 65.1 Å². The van der Waals surface area contributed by atoms with Gasteiger partial charge in [0, 0.05) is 6.42 Å². The first-order chi connectivity index (χ1) is 19.2. The average molecular weight is 561 g/mol. The number of thiophene rings is 1. The van der Waals surface area contributed by atoms with Gasteiger partial charge in [-0.25, -0.2) is 9.80 Å². The van der Waals surface area contributed by atoms with Gasteiger partial charge in [0.2, 0.25) is 0 Å². The molecule has 1 fully saturated rings. The van der Waals surface area contributed by atoms with Crippen molar-refractivity contribution >= 4 is 34.9 Å². The second kappa shape index (κ2) is 10.8. The minimum absolute atomic E-state index is 0.337. The monoisotopic (exact) mass is 560 g/mol. The molecule has 2 aromatic carbocycles. The van der Waals surface area contributed by atoms with Gasteiger partial charge in [-0.15, -0.1) is 11.3 Å². The summed E-state index contributed by atoms with van der Waals surface area (Å²) >= 11 is 1.54. The van der Waals surface area contributed by atoms with Crippen molar-refractivity contribution in [3.05, 3.63) is 81.5 Å². The molecule has 5 rings (SSSR count). The fourth-order valence-electron chi connectivity index (χ4n) is 5.10. The summed E-state index contributed by atoms with van der Waals surface area (Å²) in [5, 5.41) is 10.8. The number of rotatable bonds is 8. The van der Waals surface area contributed by atoms with Crippen molar-refractivity contribution in [3.63, 3.8) is 0 Å². The van der Waals surface area contributed by atoms with Gasteiger partial charge in [0.25, 0.3) is 11.8 Å². The molecule has 1 saturated heterocycles. The molecule has 0 radical (unpaired) electrons. The summed E-state index contributed by atoms with van der Waals surface area (Å²) in [6, 6.07) is 15.9. The van der Waals surface area contributed by atoms with Gasteiger partial charge in [-0.3, -0.25) is 14.5 Å². The first kappa shape index (κ1) is 27.4. The lowest BCUT2D eigenvalue weighted by Gasteiger charge is -2.25. The molecule has 2 atom stereocenters. The Kier molecular flexibility index (Phi) is 7.37. The first-order valence-corrected chi connectivity index (χ1v) is 13.9. The van der Waals surface area contributed by atoms with Crippen molar-refractivity contribution in [1.82, 2.24) is 15.2 Å². The van der Waals surface area contributed by atoms with Gasteiger partial charge in [0.05, 0.1) is 30.9 Å². The molecule has 2 aliphatic rings. The normalized spacial score (nSPS) is 20.6. The number of benzene rings is 2. The van der Waals surface area contributed by atoms with Crippen LogP contribution in [0, 0.1) is 0 Å². The van der Waals surface area contributed by atoms with Crippen molar-refractivity contribution in [3.8, 4) is 11.5 Å². The molecule has 0 aliphatic carbocycles. The molecule has 9 nitrogen and oxygen atoms in total. The van der Waals surface area contributed by atoms with Crippen molar-refractivity contribution in [2.24, 2.45) is 5.10 Å². The van der Waals surface area contributed by atoms with Crippen molar-refractivity contribution in [1.29, 1.82) is 0 Å². The van der Waals surface area contributed by atoms with Crippen molar-refractivity contribution in [2.45, 2.75) is 44.7 Å². The SMILES string of the molecule is COc1ccc([C@H]2CC(c3cccs3)=NN2C(=O)CN2C(=O)N[C@](C)(c3ccc(C(C)C)cc3)C2=O)cc1OC. The van der Waals surface area contributed by atoms with E-state index in [-0.39, 0.29) is 0 Å². The summed E-state index contributed by atoms with van der Waals surface area (Å²) in [6.45, 7) is 5.41. The van der Waals surface area contributed by atoms with E-state index in [4.69, 9.17) is 9.47 Å². The largest absolute Gasteiger partial charge is 0.493 e. The van der Waals surface area contributed by atoms with Crippen LogP contribution in [-0.4, -0.2) is 54.2 Å². The third-order valence-electron chi connectivity index (χ3n) is 7.49. The molecule has 10 heteroatoms. The third-order valence-corrected chi connectivity index (χ3v) is 8.41. The number of methoxy groups -OCH3 is 2. The van der Waals surface area contributed by atoms with Gasteiger partial charge >= 0.3 is 6.03 Å². The second-order valence-corrected chi connectivity index (χ2v) is 11.3. The van der Waals surface area contributed by atoms with Crippen LogP contribution in [0.2, 0.25) is 0 Å². The maximum absolute atomic E-state index is 13.7.